The van der Waals surface area contributed by atoms with Gasteiger partial charge in [-0.25, -0.2) is 13.2 Å². The van der Waals surface area contributed by atoms with Crippen molar-refractivity contribution in [2.75, 3.05) is 26.7 Å². The van der Waals surface area contributed by atoms with Crippen molar-refractivity contribution >= 4 is 0 Å². The van der Waals surface area contributed by atoms with Crippen LogP contribution >= 0.6 is 0 Å². The van der Waals surface area contributed by atoms with Crippen molar-refractivity contribution in [3.05, 3.63) is 35.1 Å². The summed E-state index contributed by atoms with van der Waals surface area (Å²) in [6.07, 6.45) is 0.928. The number of nitrogens with zero attached hydrogens (tertiary/aromatic N) is 1. The van der Waals surface area contributed by atoms with Crippen LogP contribution in [-0.2, 0) is 0 Å². The van der Waals surface area contributed by atoms with Gasteiger partial charge >= 0.3 is 0 Å². The fraction of sp³-hybridized carbons (Fsp3) is 0.571. The molecular formula is C14H19F3N2. The van der Waals surface area contributed by atoms with Crippen molar-refractivity contribution in [1.82, 2.24) is 10.2 Å². The number of rotatable bonds is 4. The van der Waals surface area contributed by atoms with Crippen molar-refractivity contribution in [3.63, 3.8) is 0 Å². The van der Waals surface area contributed by atoms with Gasteiger partial charge in [-0.15, -0.1) is 0 Å². The van der Waals surface area contributed by atoms with Crippen LogP contribution in [0, 0.1) is 23.4 Å². The summed E-state index contributed by atoms with van der Waals surface area (Å²) in [6, 6.07) is 1.46. The van der Waals surface area contributed by atoms with Crippen LogP contribution < -0.4 is 5.32 Å². The Balaban J connectivity index is 2.38. The third-order valence-corrected chi connectivity index (χ3v) is 3.86. The lowest BCUT2D eigenvalue weighted by Gasteiger charge is -2.28. The van der Waals surface area contributed by atoms with E-state index in [9.17, 15) is 13.2 Å². The molecule has 2 rings (SSSR count). The molecule has 0 aromatic heterocycles. The van der Waals surface area contributed by atoms with Crippen LogP contribution in [0.25, 0.3) is 0 Å². The Morgan fingerprint density at radius 1 is 1.21 bits per heavy atom. The summed E-state index contributed by atoms with van der Waals surface area (Å²) in [5, 5.41) is 3.08. The van der Waals surface area contributed by atoms with Crippen molar-refractivity contribution < 1.29 is 13.2 Å². The molecule has 2 unspecified atom stereocenters. The van der Waals surface area contributed by atoms with E-state index in [0.717, 1.165) is 32.1 Å². The Bertz CT molecular complexity index is 451. The predicted octanol–water partition coefficient (Wildman–Crippen LogP) is 2.71. The first-order chi connectivity index (χ1) is 9.08. The summed E-state index contributed by atoms with van der Waals surface area (Å²) >= 11 is 0. The highest BCUT2D eigenvalue weighted by Crippen LogP contribution is 2.38. The molecule has 0 spiro atoms. The second-order valence-corrected chi connectivity index (χ2v) is 4.97. The van der Waals surface area contributed by atoms with E-state index < -0.39 is 17.5 Å². The minimum absolute atomic E-state index is 0.187. The number of hydrogen-bond acceptors (Lipinski definition) is 2. The smallest absolute Gasteiger partial charge is 0.161 e. The molecule has 19 heavy (non-hydrogen) atoms. The number of likely N-dealkylation sites (tertiary alicyclic amines) is 1. The normalized spacial score (nSPS) is 24.1. The molecule has 1 heterocycles. The van der Waals surface area contributed by atoms with E-state index in [1.165, 1.54) is 0 Å². The van der Waals surface area contributed by atoms with Crippen molar-refractivity contribution in [1.29, 1.82) is 0 Å². The van der Waals surface area contributed by atoms with E-state index in [0.29, 0.717) is 6.07 Å². The van der Waals surface area contributed by atoms with Crippen LogP contribution in [0.5, 0.6) is 0 Å². The van der Waals surface area contributed by atoms with Gasteiger partial charge in [-0.2, -0.15) is 0 Å². The summed E-state index contributed by atoms with van der Waals surface area (Å²) in [5.41, 5.74) is 0.263. The average molecular weight is 272 g/mol. The fourth-order valence-electron chi connectivity index (χ4n) is 2.97. The second-order valence-electron chi connectivity index (χ2n) is 4.97. The molecule has 106 valence electrons. The molecule has 1 aromatic rings. The van der Waals surface area contributed by atoms with E-state index >= 15 is 0 Å². The topological polar surface area (TPSA) is 15.3 Å². The van der Waals surface area contributed by atoms with E-state index in [-0.39, 0.29) is 17.5 Å². The molecule has 1 aromatic carbocycles. The van der Waals surface area contributed by atoms with Crippen LogP contribution in [0.3, 0.4) is 0 Å². The van der Waals surface area contributed by atoms with E-state index in [1.54, 1.807) is 0 Å². The predicted molar refractivity (Wildman–Crippen MR) is 68.3 cm³/mol. The van der Waals surface area contributed by atoms with E-state index in [4.69, 9.17) is 0 Å². The Morgan fingerprint density at radius 3 is 2.53 bits per heavy atom. The summed E-state index contributed by atoms with van der Waals surface area (Å²) < 4.78 is 40.4. The maximum Gasteiger partial charge on any atom is 0.161 e. The van der Waals surface area contributed by atoms with Gasteiger partial charge < -0.3 is 5.32 Å². The average Bonchev–Trinajstić information content (AvgIpc) is 2.77. The molecule has 1 saturated heterocycles. The minimum Gasteiger partial charge on any atom is -0.319 e. The van der Waals surface area contributed by atoms with Crippen LogP contribution in [0.1, 0.15) is 24.9 Å². The van der Waals surface area contributed by atoms with Crippen molar-refractivity contribution in [3.8, 4) is 0 Å². The largest absolute Gasteiger partial charge is 0.319 e. The third-order valence-electron chi connectivity index (χ3n) is 3.86. The monoisotopic (exact) mass is 272 g/mol. The highest BCUT2D eigenvalue weighted by atomic mass is 19.2. The highest BCUT2D eigenvalue weighted by Gasteiger charge is 2.36. The van der Waals surface area contributed by atoms with Gasteiger partial charge in [0.2, 0.25) is 0 Å². The van der Waals surface area contributed by atoms with Crippen LogP contribution in [0.2, 0.25) is 0 Å². The lowest BCUT2D eigenvalue weighted by atomic mass is 9.93. The van der Waals surface area contributed by atoms with Gasteiger partial charge in [0, 0.05) is 17.7 Å². The van der Waals surface area contributed by atoms with Crippen LogP contribution in [-0.4, -0.2) is 31.6 Å². The molecule has 1 N–H and O–H groups in total. The van der Waals surface area contributed by atoms with Gasteiger partial charge in [-0.1, -0.05) is 6.92 Å². The molecular weight excluding hydrogens is 253 g/mol. The summed E-state index contributed by atoms with van der Waals surface area (Å²) in [6.45, 7) is 4.35. The number of hydrogen-bond donors (Lipinski definition) is 1. The van der Waals surface area contributed by atoms with E-state index in [2.05, 4.69) is 10.2 Å². The zero-order chi connectivity index (χ0) is 14.0. The molecule has 0 amide bonds. The van der Waals surface area contributed by atoms with Gasteiger partial charge in [0.25, 0.3) is 0 Å². The Labute approximate surface area is 111 Å². The zero-order valence-corrected chi connectivity index (χ0v) is 11.2. The standard InChI is InChI=1S/C14H19F3N2/c1-3-19-5-4-9(8-18-2)14(19)10-6-12(16)13(17)7-11(10)15/h6-7,9,14,18H,3-5,8H2,1-2H3. The SMILES string of the molecule is CCN1CCC(CNC)C1c1cc(F)c(F)cc1F. The molecule has 0 aliphatic carbocycles. The number of halogens is 3. The van der Waals surface area contributed by atoms with Crippen molar-refractivity contribution in [2.45, 2.75) is 19.4 Å². The maximum atomic E-state index is 14.0. The van der Waals surface area contributed by atoms with Crippen LogP contribution in [0.15, 0.2) is 12.1 Å². The Morgan fingerprint density at radius 2 is 1.89 bits per heavy atom. The lowest BCUT2D eigenvalue weighted by Crippen LogP contribution is -2.30. The van der Waals surface area contributed by atoms with Crippen molar-refractivity contribution in [2.24, 2.45) is 5.92 Å². The molecule has 0 saturated carbocycles. The quantitative estimate of drug-likeness (QED) is 0.848. The molecule has 5 heteroatoms. The Kier molecular flexibility index (Phi) is 4.47. The molecule has 1 fully saturated rings. The van der Waals surface area contributed by atoms with Crippen LogP contribution in [0.4, 0.5) is 13.2 Å². The number of nitrogens with one attached hydrogen (secondary N) is 1. The zero-order valence-electron chi connectivity index (χ0n) is 11.2. The lowest BCUT2D eigenvalue weighted by molar-refractivity contribution is 0.231. The van der Waals surface area contributed by atoms with Gasteiger partial charge in [-0.05, 0) is 45.1 Å². The summed E-state index contributed by atoms with van der Waals surface area (Å²) in [7, 11) is 1.84. The van der Waals surface area contributed by atoms with E-state index in [1.807, 2.05) is 14.0 Å². The first-order valence-electron chi connectivity index (χ1n) is 6.61. The van der Waals surface area contributed by atoms with Gasteiger partial charge in [-0.3, -0.25) is 4.90 Å². The van der Waals surface area contributed by atoms with Gasteiger partial charge in [0.1, 0.15) is 5.82 Å². The maximum absolute atomic E-state index is 14.0. The Hall–Kier alpha value is -1.07. The molecule has 0 radical (unpaired) electrons. The van der Waals surface area contributed by atoms with Gasteiger partial charge in [0.15, 0.2) is 11.6 Å². The first-order valence-corrected chi connectivity index (χ1v) is 6.61. The second kappa shape index (κ2) is 5.92. The summed E-state index contributed by atoms with van der Waals surface area (Å²) in [4.78, 5) is 2.11. The molecule has 2 nitrogen and oxygen atoms in total. The third kappa shape index (κ3) is 2.77. The summed E-state index contributed by atoms with van der Waals surface area (Å²) in [5.74, 6) is -2.57. The first kappa shape index (κ1) is 14.3. The molecule has 1 aliphatic heterocycles. The highest BCUT2D eigenvalue weighted by molar-refractivity contribution is 5.25. The fourth-order valence-corrected chi connectivity index (χ4v) is 2.97. The molecule has 2 atom stereocenters. The molecule has 0 bridgehead atoms. The van der Waals surface area contributed by atoms with Gasteiger partial charge in [0.05, 0.1) is 0 Å². The number of benzene rings is 1. The minimum atomic E-state index is -1.13. The molecule has 1 aliphatic rings.